The lowest BCUT2D eigenvalue weighted by atomic mass is 9.86. The van der Waals surface area contributed by atoms with Crippen molar-refractivity contribution < 1.29 is 4.79 Å². The number of nitrogens with two attached hydrogens (primary N) is 1. The summed E-state index contributed by atoms with van der Waals surface area (Å²) in [6.07, 6.45) is 9.27. The van der Waals surface area contributed by atoms with Crippen LogP contribution in [0.15, 0.2) is 0 Å². The summed E-state index contributed by atoms with van der Waals surface area (Å²) in [5.41, 5.74) is 5.83. The number of carbonyl (C=O) groups excluding carboxylic acids is 1. The van der Waals surface area contributed by atoms with Gasteiger partial charge >= 0.3 is 0 Å². The summed E-state index contributed by atoms with van der Waals surface area (Å²) in [6.45, 7) is 0.873. The van der Waals surface area contributed by atoms with Gasteiger partial charge in [0.1, 0.15) is 0 Å². The molecule has 16 heavy (non-hydrogen) atoms. The molecule has 0 aromatic heterocycles. The van der Waals surface area contributed by atoms with E-state index in [1.165, 1.54) is 19.3 Å². The number of hydrogen-bond acceptors (Lipinski definition) is 2. The van der Waals surface area contributed by atoms with Crippen molar-refractivity contribution in [1.82, 2.24) is 5.32 Å². The molecule has 3 heteroatoms. The van der Waals surface area contributed by atoms with Gasteiger partial charge in [-0.25, -0.2) is 0 Å². The molecular formula is C13H24N2O. The first-order valence-corrected chi connectivity index (χ1v) is 6.79. The average Bonchev–Trinajstić information content (AvgIpc) is 3.09. The quantitative estimate of drug-likeness (QED) is 0.700. The molecule has 0 unspecified atom stereocenters. The lowest BCUT2D eigenvalue weighted by Crippen LogP contribution is -2.36. The fourth-order valence-electron chi connectivity index (χ4n) is 2.53. The van der Waals surface area contributed by atoms with Crippen LogP contribution in [0.1, 0.15) is 51.4 Å². The minimum atomic E-state index is 0.237. The van der Waals surface area contributed by atoms with Gasteiger partial charge in [-0.2, -0.15) is 0 Å². The standard InChI is InChI=1S/C13H24N2O/c14-12-7-5-11(6-8-12)13(16)15-9-1-2-10-3-4-10/h10-12H,1-9,14H2,(H,15,16). The normalized spacial score (nSPS) is 30.1. The monoisotopic (exact) mass is 224 g/mol. The van der Waals surface area contributed by atoms with Crippen molar-refractivity contribution in [2.45, 2.75) is 57.4 Å². The Morgan fingerprint density at radius 3 is 2.44 bits per heavy atom. The van der Waals surface area contributed by atoms with E-state index in [9.17, 15) is 4.79 Å². The van der Waals surface area contributed by atoms with Crippen LogP contribution in [0.4, 0.5) is 0 Å². The molecule has 0 saturated heterocycles. The molecule has 2 fully saturated rings. The Morgan fingerprint density at radius 1 is 1.12 bits per heavy atom. The highest BCUT2D eigenvalue weighted by atomic mass is 16.1. The summed E-state index contributed by atoms with van der Waals surface area (Å²) in [6, 6.07) is 0.332. The van der Waals surface area contributed by atoms with E-state index in [2.05, 4.69) is 5.32 Å². The fraction of sp³-hybridized carbons (Fsp3) is 0.923. The van der Waals surface area contributed by atoms with Gasteiger partial charge in [0.25, 0.3) is 0 Å². The van der Waals surface area contributed by atoms with Crippen molar-refractivity contribution >= 4 is 5.91 Å². The predicted octanol–water partition coefficient (Wildman–Crippen LogP) is 1.81. The van der Waals surface area contributed by atoms with E-state index in [1.54, 1.807) is 0 Å². The largest absolute Gasteiger partial charge is 0.356 e. The van der Waals surface area contributed by atoms with Crippen LogP contribution >= 0.6 is 0 Å². The Morgan fingerprint density at radius 2 is 1.81 bits per heavy atom. The molecule has 2 aliphatic carbocycles. The lowest BCUT2D eigenvalue weighted by Gasteiger charge is -2.25. The topological polar surface area (TPSA) is 55.1 Å². The Kier molecular flexibility index (Phi) is 4.22. The maximum atomic E-state index is 11.8. The second-order valence-corrected chi connectivity index (χ2v) is 5.49. The first kappa shape index (κ1) is 11.9. The second-order valence-electron chi connectivity index (χ2n) is 5.49. The van der Waals surface area contributed by atoms with Gasteiger partial charge in [-0.1, -0.05) is 12.8 Å². The molecular weight excluding hydrogens is 200 g/mol. The molecule has 0 atom stereocenters. The van der Waals surface area contributed by atoms with Gasteiger partial charge in [-0.15, -0.1) is 0 Å². The highest BCUT2D eigenvalue weighted by molar-refractivity contribution is 5.78. The molecule has 0 radical (unpaired) electrons. The van der Waals surface area contributed by atoms with Gasteiger partial charge in [-0.3, -0.25) is 4.79 Å². The first-order valence-electron chi connectivity index (χ1n) is 6.79. The second kappa shape index (κ2) is 5.67. The summed E-state index contributed by atoms with van der Waals surface area (Å²) >= 11 is 0. The molecule has 0 heterocycles. The number of nitrogens with one attached hydrogen (secondary N) is 1. The van der Waals surface area contributed by atoms with Crippen molar-refractivity contribution in [1.29, 1.82) is 0 Å². The van der Waals surface area contributed by atoms with Gasteiger partial charge in [-0.05, 0) is 44.4 Å². The molecule has 0 aliphatic heterocycles. The minimum absolute atomic E-state index is 0.237. The molecule has 3 N–H and O–H groups in total. The zero-order valence-corrected chi connectivity index (χ0v) is 10.1. The van der Waals surface area contributed by atoms with Gasteiger partial charge in [0.05, 0.1) is 0 Å². The van der Waals surface area contributed by atoms with Crippen LogP contribution in [0.25, 0.3) is 0 Å². The first-order chi connectivity index (χ1) is 7.75. The lowest BCUT2D eigenvalue weighted by molar-refractivity contribution is -0.126. The van der Waals surface area contributed by atoms with E-state index in [4.69, 9.17) is 5.73 Å². The predicted molar refractivity (Wildman–Crippen MR) is 64.9 cm³/mol. The summed E-state index contributed by atoms with van der Waals surface area (Å²) < 4.78 is 0. The zero-order valence-electron chi connectivity index (χ0n) is 10.1. The molecule has 92 valence electrons. The summed E-state index contributed by atoms with van der Waals surface area (Å²) in [5.74, 6) is 1.48. The molecule has 0 aromatic rings. The average molecular weight is 224 g/mol. The van der Waals surface area contributed by atoms with E-state index in [1.807, 2.05) is 0 Å². The Bertz CT molecular complexity index is 230. The number of amides is 1. The molecule has 0 spiro atoms. The van der Waals surface area contributed by atoms with Gasteiger partial charge in [0.15, 0.2) is 0 Å². The van der Waals surface area contributed by atoms with E-state index in [0.717, 1.165) is 44.6 Å². The van der Waals surface area contributed by atoms with Crippen molar-refractivity contribution in [3.63, 3.8) is 0 Å². The molecule has 2 aliphatic rings. The molecule has 3 nitrogen and oxygen atoms in total. The van der Waals surface area contributed by atoms with Crippen LogP contribution in [0.3, 0.4) is 0 Å². The summed E-state index contributed by atoms with van der Waals surface area (Å²) in [5, 5.41) is 3.07. The molecule has 1 amide bonds. The van der Waals surface area contributed by atoms with Crippen molar-refractivity contribution in [3.8, 4) is 0 Å². The van der Waals surface area contributed by atoms with Crippen LogP contribution in [0.5, 0.6) is 0 Å². The highest BCUT2D eigenvalue weighted by Gasteiger charge is 2.24. The molecule has 0 aromatic carbocycles. The summed E-state index contributed by atoms with van der Waals surface area (Å²) in [7, 11) is 0. The van der Waals surface area contributed by atoms with E-state index in [0.29, 0.717) is 6.04 Å². The van der Waals surface area contributed by atoms with Gasteiger partial charge in [0.2, 0.25) is 5.91 Å². The van der Waals surface area contributed by atoms with Crippen LogP contribution in [-0.4, -0.2) is 18.5 Å². The molecule has 2 saturated carbocycles. The van der Waals surface area contributed by atoms with E-state index < -0.39 is 0 Å². The third-order valence-corrected chi connectivity index (χ3v) is 3.93. The van der Waals surface area contributed by atoms with Gasteiger partial charge < -0.3 is 11.1 Å². The molecule has 2 rings (SSSR count). The number of carbonyl (C=O) groups is 1. The third-order valence-electron chi connectivity index (χ3n) is 3.93. The SMILES string of the molecule is NC1CCC(C(=O)NCCCC2CC2)CC1. The Labute approximate surface area is 98.2 Å². The van der Waals surface area contributed by atoms with Crippen LogP contribution in [-0.2, 0) is 4.79 Å². The van der Waals surface area contributed by atoms with Crippen molar-refractivity contribution in [2.75, 3.05) is 6.54 Å². The van der Waals surface area contributed by atoms with Crippen LogP contribution < -0.4 is 11.1 Å². The van der Waals surface area contributed by atoms with Gasteiger partial charge in [0, 0.05) is 18.5 Å². The minimum Gasteiger partial charge on any atom is -0.356 e. The Hall–Kier alpha value is -0.570. The van der Waals surface area contributed by atoms with Crippen LogP contribution in [0, 0.1) is 11.8 Å². The number of rotatable bonds is 5. The third kappa shape index (κ3) is 3.78. The zero-order chi connectivity index (χ0) is 11.4. The highest BCUT2D eigenvalue weighted by Crippen LogP contribution is 2.33. The smallest absolute Gasteiger partial charge is 0.223 e. The maximum absolute atomic E-state index is 11.8. The number of hydrogen-bond donors (Lipinski definition) is 2. The van der Waals surface area contributed by atoms with E-state index in [-0.39, 0.29) is 11.8 Å². The van der Waals surface area contributed by atoms with Crippen LogP contribution in [0.2, 0.25) is 0 Å². The summed E-state index contributed by atoms with van der Waals surface area (Å²) in [4.78, 5) is 11.8. The van der Waals surface area contributed by atoms with E-state index >= 15 is 0 Å². The molecule has 0 bridgehead atoms. The Balaban J connectivity index is 1.55. The van der Waals surface area contributed by atoms with Crippen molar-refractivity contribution in [2.24, 2.45) is 17.6 Å². The van der Waals surface area contributed by atoms with Crippen molar-refractivity contribution in [3.05, 3.63) is 0 Å². The maximum Gasteiger partial charge on any atom is 0.223 e. The fourth-order valence-corrected chi connectivity index (χ4v) is 2.53.